The molecule has 0 aromatic heterocycles. The van der Waals surface area contributed by atoms with E-state index in [1.165, 1.54) is 11.8 Å². The molecule has 0 aliphatic carbocycles. The lowest BCUT2D eigenvalue weighted by atomic mass is 10.1. The number of anilines is 1. The molecule has 1 fully saturated rings. The Morgan fingerprint density at radius 1 is 1.00 bits per heavy atom. The summed E-state index contributed by atoms with van der Waals surface area (Å²) in [7, 11) is 0. The molecule has 1 saturated heterocycles. The van der Waals surface area contributed by atoms with E-state index in [0.717, 1.165) is 17.4 Å². The first-order valence-electron chi connectivity index (χ1n) is 11.5. The third kappa shape index (κ3) is 5.39. The zero-order valence-corrected chi connectivity index (χ0v) is 20.7. The fourth-order valence-electron chi connectivity index (χ4n) is 3.71. The van der Waals surface area contributed by atoms with E-state index in [-0.39, 0.29) is 5.91 Å². The summed E-state index contributed by atoms with van der Waals surface area (Å²) in [5.41, 5.74) is 2.69. The minimum Gasteiger partial charge on any atom is -0.480 e. The first kappa shape index (κ1) is 24.9. The van der Waals surface area contributed by atoms with Crippen LogP contribution in [0.1, 0.15) is 29.8 Å². The summed E-state index contributed by atoms with van der Waals surface area (Å²) in [4.78, 5) is 45.6. The minimum atomic E-state index is -1.12. The van der Waals surface area contributed by atoms with Gasteiger partial charge in [-0.15, -0.1) is 0 Å². The first-order valence-corrected chi connectivity index (χ1v) is 12.3. The van der Waals surface area contributed by atoms with Crippen LogP contribution < -0.4 is 4.90 Å². The Hall–Kier alpha value is -4.17. The molecule has 1 N–H and O–H groups in total. The summed E-state index contributed by atoms with van der Waals surface area (Å²) < 4.78 is 0. The number of carbonyl (C=O) groups excluding carboxylic acids is 2. The van der Waals surface area contributed by atoms with Crippen molar-refractivity contribution in [1.29, 1.82) is 0 Å². The number of rotatable bonds is 7. The maximum absolute atomic E-state index is 13.1. The van der Waals surface area contributed by atoms with Crippen LogP contribution >= 0.6 is 11.8 Å². The van der Waals surface area contributed by atoms with Crippen molar-refractivity contribution in [2.24, 2.45) is 4.99 Å². The molecule has 0 spiro atoms. The van der Waals surface area contributed by atoms with Crippen LogP contribution in [0.4, 0.5) is 11.4 Å². The molecule has 1 atom stereocenters. The van der Waals surface area contributed by atoms with E-state index < -0.39 is 17.9 Å². The second-order valence-electron chi connectivity index (χ2n) is 8.04. The summed E-state index contributed by atoms with van der Waals surface area (Å²) >= 11 is 1.13. The summed E-state index contributed by atoms with van der Waals surface area (Å²) in [6.45, 7) is 3.91. The number of hydrogen-bond acceptors (Lipinski definition) is 5. The van der Waals surface area contributed by atoms with Gasteiger partial charge in [-0.2, -0.15) is 0 Å². The van der Waals surface area contributed by atoms with Crippen LogP contribution in [-0.4, -0.2) is 45.5 Å². The normalized spacial score (nSPS) is 16.4. The molecule has 4 rings (SSSR count). The predicted octanol–water partition coefficient (Wildman–Crippen LogP) is 5.43. The molecular weight excluding hydrogens is 474 g/mol. The van der Waals surface area contributed by atoms with E-state index in [0.29, 0.717) is 33.4 Å². The molecule has 3 aromatic carbocycles. The average molecular weight is 500 g/mol. The predicted molar refractivity (Wildman–Crippen MR) is 143 cm³/mol. The molecule has 36 heavy (non-hydrogen) atoms. The molecule has 0 saturated carbocycles. The maximum atomic E-state index is 13.1. The van der Waals surface area contributed by atoms with E-state index >= 15 is 0 Å². The van der Waals surface area contributed by atoms with Gasteiger partial charge in [0.2, 0.25) is 0 Å². The molecule has 1 aliphatic rings. The van der Waals surface area contributed by atoms with Crippen LogP contribution in [0, 0.1) is 0 Å². The third-order valence-corrected chi connectivity index (χ3v) is 6.63. The summed E-state index contributed by atoms with van der Waals surface area (Å²) in [6.07, 6.45) is 1.69. The maximum Gasteiger partial charge on any atom is 0.326 e. The van der Waals surface area contributed by atoms with Crippen LogP contribution in [0.3, 0.4) is 0 Å². The number of carbonyl (C=O) groups is 3. The van der Waals surface area contributed by atoms with Crippen LogP contribution in [0.5, 0.6) is 0 Å². The lowest BCUT2D eigenvalue weighted by Gasteiger charge is -2.21. The van der Waals surface area contributed by atoms with Crippen molar-refractivity contribution in [2.45, 2.75) is 19.9 Å². The van der Waals surface area contributed by atoms with E-state index in [4.69, 9.17) is 0 Å². The standard InChI is InChI=1S/C28H25N3O4S/c1-3-30(23-12-8-5-9-13-23)25(32)21-16-14-20(15-17-21)18-24-26(33)31(19(2)27(34)35)28(36-24)29-22-10-6-4-7-11-22/h4-19H,3H2,1-2H3,(H,34,35)/b24-18-,29-28?/t19-/m1/s1. The number of para-hydroxylation sites is 2. The first-order chi connectivity index (χ1) is 17.4. The number of nitrogens with zero attached hydrogens (tertiary/aromatic N) is 3. The van der Waals surface area contributed by atoms with Crippen molar-refractivity contribution >= 4 is 52.2 Å². The molecule has 182 valence electrons. The van der Waals surface area contributed by atoms with E-state index in [2.05, 4.69) is 4.99 Å². The van der Waals surface area contributed by atoms with Gasteiger partial charge >= 0.3 is 5.97 Å². The molecule has 0 bridgehead atoms. The van der Waals surface area contributed by atoms with Crippen molar-refractivity contribution in [3.8, 4) is 0 Å². The Balaban J connectivity index is 1.60. The Morgan fingerprint density at radius 2 is 1.61 bits per heavy atom. The Kier molecular flexibility index (Phi) is 7.65. The van der Waals surface area contributed by atoms with Crippen molar-refractivity contribution in [1.82, 2.24) is 4.90 Å². The van der Waals surface area contributed by atoms with Gasteiger partial charge in [0.15, 0.2) is 5.17 Å². The highest BCUT2D eigenvalue weighted by atomic mass is 32.2. The fourth-order valence-corrected chi connectivity index (χ4v) is 4.78. The molecule has 0 radical (unpaired) electrons. The van der Waals surface area contributed by atoms with Gasteiger partial charge in [-0.3, -0.25) is 14.5 Å². The Morgan fingerprint density at radius 3 is 2.19 bits per heavy atom. The van der Waals surface area contributed by atoms with Crippen LogP contribution in [0.25, 0.3) is 6.08 Å². The van der Waals surface area contributed by atoms with E-state index in [1.807, 2.05) is 55.5 Å². The summed E-state index contributed by atoms with van der Waals surface area (Å²) in [5.74, 6) is -1.66. The number of hydrogen-bond donors (Lipinski definition) is 1. The van der Waals surface area contributed by atoms with Crippen molar-refractivity contribution in [2.75, 3.05) is 11.4 Å². The number of thioether (sulfide) groups is 1. The minimum absolute atomic E-state index is 0.118. The highest BCUT2D eigenvalue weighted by molar-refractivity contribution is 8.18. The van der Waals surface area contributed by atoms with Crippen LogP contribution in [0.2, 0.25) is 0 Å². The number of aliphatic imine (C=N–C) groups is 1. The van der Waals surface area contributed by atoms with Gasteiger partial charge in [0.25, 0.3) is 11.8 Å². The quantitative estimate of drug-likeness (QED) is 0.438. The number of aliphatic carboxylic acids is 1. The number of amidine groups is 1. The van der Waals surface area contributed by atoms with Gasteiger partial charge in [0, 0.05) is 17.8 Å². The SMILES string of the molecule is CCN(C(=O)c1ccc(/C=C2\SC(=Nc3ccccc3)N([C@H](C)C(=O)O)C2=O)cc1)c1ccccc1. The van der Waals surface area contributed by atoms with Crippen molar-refractivity contribution in [3.05, 3.63) is 101 Å². The monoisotopic (exact) mass is 499 g/mol. The smallest absolute Gasteiger partial charge is 0.326 e. The number of carboxylic acids is 1. The summed E-state index contributed by atoms with van der Waals surface area (Å²) in [6, 6.07) is 24.4. The Labute approximate surface area is 213 Å². The zero-order chi connectivity index (χ0) is 25.7. The fraction of sp³-hybridized carbons (Fsp3) is 0.143. The van der Waals surface area contributed by atoms with Gasteiger partial charge in [-0.05, 0) is 73.6 Å². The third-order valence-electron chi connectivity index (χ3n) is 5.65. The van der Waals surface area contributed by atoms with Crippen molar-refractivity contribution in [3.63, 3.8) is 0 Å². The van der Waals surface area contributed by atoms with Crippen molar-refractivity contribution < 1.29 is 19.5 Å². The molecule has 8 heteroatoms. The molecule has 7 nitrogen and oxygen atoms in total. The number of amides is 2. The van der Waals surface area contributed by atoms with Gasteiger partial charge in [0.05, 0.1) is 10.6 Å². The second-order valence-corrected chi connectivity index (χ2v) is 9.05. The van der Waals surface area contributed by atoms with E-state index in [9.17, 15) is 19.5 Å². The molecular formula is C28H25N3O4S. The van der Waals surface area contributed by atoms with Crippen LogP contribution in [-0.2, 0) is 9.59 Å². The highest BCUT2D eigenvalue weighted by Crippen LogP contribution is 2.35. The van der Waals surface area contributed by atoms with Gasteiger partial charge in [-0.1, -0.05) is 48.5 Å². The average Bonchev–Trinajstić information content (AvgIpc) is 3.19. The lowest BCUT2D eigenvalue weighted by molar-refractivity contribution is -0.144. The van der Waals surface area contributed by atoms with Gasteiger partial charge in [-0.25, -0.2) is 9.79 Å². The largest absolute Gasteiger partial charge is 0.480 e. The lowest BCUT2D eigenvalue weighted by Crippen LogP contribution is -2.42. The van der Waals surface area contributed by atoms with E-state index in [1.54, 1.807) is 47.4 Å². The topological polar surface area (TPSA) is 90.3 Å². The van der Waals surface area contributed by atoms with Gasteiger partial charge in [0.1, 0.15) is 6.04 Å². The number of benzene rings is 3. The van der Waals surface area contributed by atoms with Gasteiger partial charge < -0.3 is 10.0 Å². The Bertz CT molecular complexity index is 1320. The highest BCUT2D eigenvalue weighted by Gasteiger charge is 2.39. The molecule has 2 amide bonds. The zero-order valence-electron chi connectivity index (χ0n) is 19.9. The molecule has 3 aromatic rings. The molecule has 0 unspecified atom stereocenters. The number of carboxylic acid groups (broad SMARTS) is 1. The summed E-state index contributed by atoms with van der Waals surface area (Å²) in [5, 5.41) is 9.84. The molecule has 1 heterocycles. The second kappa shape index (κ2) is 11.0. The molecule has 1 aliphatic heterocycles. The van der Waals surface area contributed by atoms with Crippen LogP contribution in [0.15, 0.2) is 94.8 Å².